The Bertz CT molecular complexity index is 756. The van der Waals surface area contributed by atoms with Crippen LogP contribution >= 0.6 is 11.8 Å². The number of methoxy groups -OCH3 is 1. The van der Waals surface area contributed by atoms with Crippen LogP contribution in [0.25, 0.3) is 0 Å². The van der Waals surface area contributed by atoms with E-state index < -0.39 is 5.79 Å². The number of carbonyl (C=O) groups excluding carboxylic acids is 1. The molecule has 1 spiro atoms. The van der Waals surface area contributed by atoms with E-state index in [1.165, 1.54) is 0 Å². The highest BCUT2D eigenvalue weighted by atomic mass is 32.2. The minimum Gasteiger partial charge on any atom is -0.497 e. The largest absolute Gasteiger partial charge is 0.497 e. The maximum absolute atomic E-state index is 12.9. The molecule has 2 aromatic carbocycles. The van der Waals surface area contributed by atoms with Gasteiger partial charge in [-0.2, -0.15) is 0 Å². The van der Waals surface area contributed by atoms with Gasteiger partial charge in [-0.15, -0.1) is 11.8 Å². The monoisotopic (exact) mass is 343 g/mol. The van der Waals surface area contributed by atoms with Crippen LogP contribution in [0.3, 0.4) is 0 Å². The van der Waals surface area contributed by atoms with Gasteiger partial charge in [0.25, 0.3) is 11.7 Å². The first kappa shape index (κ1) is 15.5. The van der Waals surface area contributed by atoms with Crippen LogP contribution in [0.5, 0.6) is 5.75 Å². The number of para-hydroxylation sites is 1. The molecule has 5 nitrogen and oxygen atoms in total. The van der Waals surface area contributed by atoms with E-state index in [0.29, 0.717) is 13.2 Å². The van der Waals surface area contributed by atoms with Crippen molar-refractivity contribution in [3.05, 3.63) is 54.1 Å². The van der Waals surface area contributed by atoms with Crippen molar-refractivity contribution in [2.45, 2.75) is 15.9 Å². The lowest BCUT2D eigenvalue weighted by Crippen LogP contribution is -2.47. The number of carbonyl (C=O) groups is 1. The standard InChI is InChI=1S/C18H17NO4S/c1-21-13-8-6-12(7-9-13)16-18(22-10-11-23-18)17(20)19-14-4-2-3-5-15(14)24-16/h2-9,16H,10-11H2,1H3,(H,19,20). The summed E-state index contributed by atoms with van der Waals surface area (Å²) in [7, 11) is 1.63. The second-order valence-corrected chi connectivity index (χ2v) is 6.73. The molecular formula is C18H17NO4S. The average Bonchev–Trinajstić information content (AvgIpc) is 3.07. The summed E-state index contributed by atoms with van der Waals surface area (Å²) in [5.41, 5.74) is 1.73. The van der Waals surface area contributed by atoms with Crippen LogP contribution in [-0.2, 0) is 14.3 Å². The number of rotatable bonds is 2. The highest BCUT2D eigenvalue weighted by molar-refractivity contribution is 7.99. The Labute approximate surface area is 144 Å². The Hall–Kier alpha value is -2.02. The number of hydrogen-bond donors (Lipinski definition) is 1. The van der Waals surface area contributed by atoms with Gasteiger partial charge in [-0.25, -0.2) is 0 Å². The molecule has 1 N–H and O–H groups in total. The van der Waals surface area contributed by atoms with Gasteiger partial charge in [0.2, 0.25) is 0 Å². The molecule has 2 aliphatic rings. The number of benzene rings is 2. The van der Waals surface area contributed by atoms with Crippen molar-refractivity contribution in [3.63, 3.8) is 0 Å². The number of hydrogen-bond acceptors (Lipinski definition) is 5. The molecule has 24 heavy (non-hydrogen) atoms. The second kappa shape index (κ2) is 6.12. The zero-order valence-electron chi connectivity index (χ0n) is 13.2. The van der Waals surface area contributed by atoms with Gasteiger partial charge in [-0.1, -0.05) is 24.3 Å². The number of anilines is 1. The van der Waals surface area contributed by atoms with Crippen molar-refractivity contribution in [2.75, 3.05) is 25.6 Å². The molecule has 0 bridgehead atoms. The molecule has 2 heterocycles. The second-order valence-electron chi connectivity index (χ2n) is 5.59. The third-order valence-electron chi connectivity index (χ3n) is 4.18. The van der Waals surface area contributed by atoms with Crippen molar-refractivity contribution in [3.8, 4) is 5.75 Å². The average molecular weight is 343 g/mol. The lowest BCUT2D eigenvalue weighted by molar-refractivity contribution is -0.177. The lowest BCUT2D eigenvalue weighted by atomic mass is 10.0. The van der Waals surface area contributed by atoms with E-state index in [2.05, 4.69) is 5.32 Å². The van der Waals surface area contributed by atoms with Gasteiger partial charge in [0.05, 0.1) is 31.3 Å². The van der Waals surface area contributed by atoms with E-state index in [0.717, 1.165) is 21.9 Å². The predicted octanol–water partition coefficient (Wildman–Crippen LogP) is 3.22. The van der Waals surface area contributed by atoms with E-state index in [1.807, 2.05) is 48.5 Å². The van der Waals surface area contributed by atoms with Crippen molar-refractivity contribution in [1.29, 1.82) is 0 Å². The van der Waals surface area contributed by atoms with Gasteiger partial charge in [0, 0.05) is 4.90 Å². The molecule has 1 fully saturated rings. The van der Waals surface area contributed by atoms with E-state index in [9.17, 15) is 4.79 Å². The van der Waals surface area contributed by atoms with E-state index in [-0.39, 0.29) is 11.2 Å². The first-order chi connectivity index (χ1) is 11.7. The van der Waals surface area contributed by atoms with Gasteiger partial charge < -0.3 is 19.5 Å². The minimum atomic E-state index is -1.32. The molecule has 2 aliphatic heterocycles. The number of thioether (sulfide) groups is 1. The van der Waals surface area contributed by atoms with Crippen LogP contribution < -0.4 is 10.1 Å². The molecule has 1 saturated heterocycles. The third-order valence-corrected chi connectivity index (χ3v) is 5.60. The molecule has 4 rings (SSSR count). The summed E-state index contributed by atoms with van der Waals surface area (Å²) in [6.07, 6.45) is 0. The summed E-state index contributed by atoms with van der Waals surface area (Å²) in [5, 5.41) is 2.63. The van der Waals surface area contributed by atoms with Crippen molar-refractivity contribution in [1.82, 2.24) is 0 Å². The van der Waals surface area contributed by atoms with Crippen molar-refractivity contribution >= 4 is 23.4 Å². The topological polar surface area (TPSA) is 56.8 Å². The lowest BCUT2D eigenvalue weighted by Gasteiger charge is -2.31. The van der Waals surface area contributed by atoms with Crippen molar-refractivity contribution in [2.24, 2.45) is 0 Å². The summed E-state index contributed by atoms with van der Waals surface area (Å²) in [5.74, 6) is -0.819. The molecule has 0 aliphatic carbocycles. The normalized spacial score (nSPS) is 21.9. The van der Waals surface area contributed by atoms with Gasteiger partial charge in [-0.05, 0) is 29.8 Å². The summed E-state index contributed by atoms with van der Waals surface area (Å²) in [4.78, 5) is 13.9. The molecule has 124 valence electrons. The van der Waals surface area contributed by atoms with Crippen LogP contribution in [0, 0.1) is 0 Å². The van der Waals surface area contributed by atoms with Crippen LogP contribution in [0.2, 0.25) is 0 Å². The van der Waals surface area contributed by atoms with Gasteiger partial charge in [0.1, 0.15) is 5.75 Å². The van der Waals surface area contributed by atoms with Crippen LogP contribution in [0.1, 0.15) is 10.8 Å². The molecule has 0 radical (unpaired) electrons. The Morgan fingerprint density at radius 1 is 1.12 bits per heavy atom. The maximum atomic E-state index is 12.9. The molecule has 2 aromatic rings. The van der Waals surface area contributed by atoms with Crippen LogP contribution in [0.4, 0.5) is 5.69 Å². The Balaban J connectivity index is 1.81. The Kier molecular flexibility index (Phi) is 3.96. The number of ether oxygens (including phenoxy) is 3. The zero-order chi connectivity index (χ0) is 16.6. The number of fused-ring (bicyclic) bond motifs is 1. The molecule has 1 unspecified atom stereocenters. The fraction of sp³-hybridized carbons (Fsp3) is 0.278. The first-order valence-corrected chi connectivity index (χ1v) is 8.60. The third kappa shape index (κ3) is 2.47. The van der Waals surface area contributed by atoms with E-state index in [4.69, 9.17) is 14.2 Å². The zero-order valence-corrected chi connectivity index (χ0v) is 14.0. The fourth-order valence-corrected chi connectivity index (χ4v) is 4.33. The number of amides is 1. The van der Waals surface area contributed by atoms with Gasteiger partial charge in [0.15, 0.2) is 0 Å². The van der Waals surface area contributed by atoms with E-state index >= 15 is 0 Å². The molecule has 0 aromatic heterocycles. The quantitative estimate of drug-likeness (QED) is 0.907. The highest BCUT2D eigenvalue weighted by Crippen LogP contribution is 2.51. The summed E-state index contributed by atoms with van der Waals surface area (Å²) in [6.45, 7) is 0.800. The minimum absolute atomic E-state index is 0.265. The molecular weight excluding hydrogens is 326 g/mol. The maximum Gasteiger partial charge on any atom is 0.286 e. The SMILES string of the molecule is COc1ccc(C2Sc3ccccc3NC(=O)C23OCCO3)cc1. The molecule has 6 heteroatoms. The van der Waals surface area contributed by atoms with Crippen molar-refractivity contribution < 1.29 is 19.0 Å². The highest BCUT2D eigenvalue weighted by Gasteiger charge is 2.54. The van der Waals surface area contributed by atoms with Crippen LogP contribution in [0.15, 0.2) is 53.4 Å². The van der Waals surface area contributed by atoms with E-state index in [1.54, 1.807) is 18.9 Å². The smallest absolute Gasteiger partial charge is 0.286 e. The van der Waals surface area contributed by atoms with Crippen LogP contribution in [-0.4, -0.2) is 32.0 Å². The molecule has 1 amide bonds. The first-order valence-electron chi connectivity index (χ1n) is 7.72. The number of nitrogens with one attached hydrogen (secondary N) is 1. The van der Waals surface area contributed by atoms with Gasteiger partial charge >= 0.3 is 0 Å². The molecule has 1 atom stereocenters. The predicted molar refractivity (Wildman–Crippen MR) is 91.3 cm³/mol. The van der Waals surface area contributed by atoms with Gasteiger partial charge in [-0.3, -0.25) is 4.79 Å². The molecule has 0 saturated carbocycles. The summed E-state index contributed by atoms with van der Waals surface area (Å²) in [6, 6.07) is 15.4. The Morgan fingerprint density at radius 2 is 1.83 bits per heavy atom. The Morgan fingerprint density at radius 3 is 2.54 bits per heavy atom. The fourth-order valence-electron chi connectivity index (χ4n) is 2.98. The summed E-state index contributed by atoms with van der Waals surface area (Å²) >= 11 is 1.57. The summed E-state index contributed by atoms with van der Waals surface area (Å²) < 4.78 is 16.9.